The highest BCUT2D eigenvalue weighted by atomic mass is 32.1. The van der Waals surface area contributed by atoms with Gasteiger partial charge in [0.05, 0.1) is 5.69 Å². The van der Waals surface area contributed by atoms with Gasteiger partial charge in [-0.25, -0.2) is 0 Å². The smallest absolute Gasteiger partial charge is 0.233 e. The molecule has 0 spiro atoms. The molecule has 0 unspecified atom stereocenters. The zero-order valence-electron chi connectivity index (χ0n) is 10.6. The Kier molecular flexibility index (Phi) is 4.11. The number of anilines is 2. The second-order valence-electron chi connectivity index (χ2n) is 4.23. The Labute approximate surface area is 117 Å². The molecular weight excluding hydrogens is 262 g/mol. The Morgan fingerprint density at radius 1 is 1.16 bits per heavy atom. The highest BCUT2D eigenvalue weighted by Crippen LogP contribution is 2.23. The Morgan fingerprint density at radius 2 is 1.74 bits per heavy atom. The molecule has 0 atom stereocenters. The average Bonchev–Trinajstić information content (AvgIpc) is 2.40. The van der Waals surface area contributed by atoms with Gasteiger partial charge in [-0.05, 0) is 42.9 Å². The molecule has 0 aromatic heterocycles. The van der Waals surface area contributed by atoms with E-state index in [2.05, 4.69) is 10.6 Å². The third-order valence-electron chi connectivity index (χ3n) is 2.89. The van der Waals surface area contributed by atoms with Crippen LogP contribution in [0.2, 0.25) is 0 Å². The molecule has 1 heterocycles. The standard InChI is InChI=1S/C13H15N3O2S/c1-14-13(19)15-9-5-7-10(8-6-9)16-11(17)3-2-4-12(16)18/h5-8H,2-4H2,1H3,(H2,14,15,19). The molecule has 6 heteroatoms. The van der Waals surface area contributed by atoms with Gasteiger partial charge in [-0.2, -0.15) is 0 Å². The van der Waals surface area contributed by atoms with Gasteiger partial charge in [0.15, 0.2) is 5.11 Å². The summed E-state index contributed by atoms with van der Waals surface area (Å²) in [7, 11) is 1.73. The third-order valence-corrected chi connectivity index (χ3v) is 3.20. The molecule has 0 aliphatic carbocycles. The van der Waals surface area contributed by atoms with Gasteiger partial charge in [0, 0.05) is 25.6 Å². The van der Waals surface area contributed by atoms with E-state index in [1.54, 1.807) is 31.3 Å². The summed E-state index contributed by atoms with van der Waals surface area (Å²) in [4.78, 5) is 24.8. The van der Waals surface area contributed by atoms with Crippen molar-refractivity contribution in [2.45, 2.75) is 19.3 Å². The van der Waals surface area contributed by atoms with E-state index in [9.17, 15) is 9.59 Å². The van der Waals surface area contributed by atoms with Gasteiger partial charge in [-0.15, -0.1) is 0 Å². The molecule has 1 aromatic rings. The fourth-order valence-corrected chi connectivity index (χ4v) is 2.05. The Bertz CT molecular complexity index is 497. The first-order valence-corrected chi connectivity index (χ1v) is 6.47. The van der Waals surface area contributed by atoms with Crippen molar-refractivity contribution in [2.75, 3.05) is 17.3 Å². The Balaban J connectivity index is 2.15. The maximum Gasteiger partial charge on any atom is 0.233 e. The number of benzene rings is 1. The molecule has 5 nitrogen and oxygen atoms in total. The largest absolute Gasteiger partial charge is 0.366 e. The lowest BCUT2D eigenvalue weighted by Crippen LogP contribution is -2.40. The van der Waals surface area contributed by atoms with E-state index in [0.29, 0.717) is 30.1 Å². The van der Waals surface area contributed by atoms with E-state index in [1.165, 1.54) is 4.90 Å². The van der Waals surface area contributed by atoms with Crippen LogP contribution in [0.3, 0.4) is 0 Å². The average molecular weight is 277 g/mol. The van der Waals surface area contributed by atoms with Gasteiger partial charge in [-0.3, -0.25) is 14.5 Å². The first-order chi connectivity index (χ1) is 9.11. The van der Waals surface area contributed by atoms with E-state index >= 15 is 0 Å². The molecule has 19 heavy (non-hydrogen) atoms. The molecule has 1 aliphatic rings. The zero-order chi connectivity index (χ0) is 13.8. The van der Waals surface area contributed by atoms with E-state index < -0.39 is 0 Å². The summed E-state index contributed by atoms with van der Waals surface area (Å²) >= 11 is 4.99. The van der Waals surface area contributed by atoms with Crippen molar-refractivity contribution in [3.8, 4) is 0 Å². The number of carbonyl (C=O) groups is 2. The van der Waals surface area contributed by atoms with Gasteiger partial charge in [0.1, 0.15) is 0 Å². The van der Waals surface area contributed by atoms with Gasteiger partial charge in [0.2, 0.25) is 11.8 Å². The minimum Gasteiger partial charge on any atom is -0.366 e. The number of piperidine rings is 1. The SMILES string of the molecule is CNC(=S)Nc1ccc(N2C(=O)CCCC2=O)cc1. The number of imide groups is 1. The third kappa shape index (κ3) is 3.08. The van der Waals surface area contributed by atoms with Crippen LogP contribution < -0.4 is 15.5 Å². The fraction of sp³-hybridized carbons (Fsp3) is 0.308. The second kappa shape index (κ2) is 5.79. The molecule has 2 rings (SSSR count). The summed E-state index contributed by atoms with van der Waals surface area (Å²) in [6.45, 7) is 0. The molecule has 1 fully saturated rings. The van der Waals surface area contributed by atoms with Crippen LogP contribution in [-0.4, -0.2) is 24.0 Å². The summed E-state index contributed by atoms with van der Waals surface area (Å²) in [5, 5.41) is 6.30. The number of nitrogens with one attached hydrogen (secondary N) is 2. The summed E-state index contributed by atoms with van der Waals surface area (Å²) in [5.41, 5.74) is 1.41. The maximum absolute atomic E-state index is 11.8. The lowest BCUT2D eigenvalue weighted by atomic mass is 10.1. The molecule has 1 aliphatic heterocycles. The van der Waals surface area contributed by atoms with Crippen LogP contribution in [0, 0.1) is 0 Å². The number of carbonyl (C=O) groups excluding carboxylic acids is 2. The summed E-state index contributed by atoms with van der Waals surface area (Å²) in [6, 6.07) is 7.05. The Morgan fingerprint density at radius 3 is 2.26 bits per heavy atom. The van der Waals surface area contributed by atoms with Crippen molar-refractivity contribution in [3.63, 3.8) is 0 Å². The Hall–Kier alpha value is -1.95. The molecule has 1 aromatic carbocycles. The van der Waals surface area contributed by atoms with Crippen LogP contribution in [-0.2, 0) is 9.59 Å². The molecule has 1 saturated heterocycles. The zero-order valence-corrected chi connectivity index (χ0v) is 11.4. The highest BCUT2D eigenvalue weighted by molar-refractivity contribution is 7.80. The predicted molar refractivity (Wildman–Crippen MR) is 78.1 cm³/mol. The molecule has 0 radical (unpaired) electrons. The van der Waals surface area contributed by atoms with Crippen molar-refractivity contribution in [3.05, 3.63) is 24.3 Å². The van der Waals surface area contributed by atoms with Crippen LogP contribution >= 0.6 is 12.2 Å². The first-order valence-electron chi connectivity index (χ1n) is 6.06. The number of hydrogen-bond donors (Lipinski definition) is 2. The lowest BCUT2D eigenvalue weighted by molar-refractivity contribution is -0.129. The monoisotopic (exact) mass is 277 g/mol. The molecule has 100 valence electrons. The van der Waals surface area contributed by atoms with Crippen LogP contribution in [0.4, 0.5) is 11.4 Å². The summed E-state index contributed by atoms with van der Waals surface area (Å²) in [6.07, 6.45) is 1.50. The van der Waals surface area contributed by atoms with Crippen molar-refractivity contribution in [2.24, 2.45) is 0 Å². The van der Waals surface area contributed by atoms with Crippen molar-refractivity contribution < 1.29 is 9.59 Å². The van der Waals surface area contributed by atoms with E-state index in [1.807, 2.05) is 0 Å². The second-order valence-corrected chi connectivity index (χ2v) is 4.64. The number of hydrogen-bond acceptors (Lipinski definition) is 3. The normalized spacial score (nSPS) is 15.3. The maximum atomic E-state index is 11.8. The summed E-state index contributed by atoms with van der Waals surface area (Å²) < 4.78 is 0. The van der Waals surface area contributed by atoms with Crippen LogP contribution in [0.15, 0.2) is 24.3 Å². The van der Waals surface area contributed by atoms with Crippen molar-refractivity contribution >= 4 is 40.5 Å². The van der Waals surface area contributed by atoms with Gasteiger partial charge in [-0.1, -0.05) is 0 Å². The molecule has 0 saturated carbocycles. The van der Waals surface area contributed by atoms with Crippen molar-refractivity contribution in [1.82, 2.24) is 5.32 Å². The van der Waals surface area contributed by atoms with Crippen LogP contribution in [0.5, 0.6) is 0 Å². The van der Waals surface area contributed by atoms with E-state index in [0.717, 1.165) is 5.69 Å². The number of nitrogens with zero attached hydrogens (tertiary/aromatic N) is 1. The van der Waals surface area contributed by atoms with Gasteiger partial charge in [0.25, 0.3) is 0 Å². The lowest BCUT2D eigenvalue weighted by Gasteiger charge is -2.25. The molecule has 0 bridgehead atoms. The predicted octanol–water partition coefficient (Wildman–Crippen LogP) is 1.65. The van der Waals surface area contributed by atoms with E-state index in [-0.39, 0.29) is 11.8 Å². The topological polar surface area (TPSA) is 61.4 Å². The summed E-state index contributed by atoms with van der Waals surface area (Å²) in [5.74, 6) is -0.273. The van der Waals surface area contributed by atoms with E-state index in [4.69, 9.17) is 12.2 Å². The quantitative estimate of drug-likeness (QED) is 0.636. The van der Waals surface area contributed by atoms with Crippen LogP contribution in [0.25, 0.3) is 0 Å². The molecule has 2 N–H and O–H groups in total. The fourth-order valence-electron chi connectivity index (χ4n) is 1.93. The number of rotatable bonds is 2. The van der Waals surface area contributed by atoms with Crippen molar-refractivity contribution in [1.29, 1.82) is 0 Å². The minimum absolute atomic E-state index is 0.136. The van der Waals surface area contributed by atoms with Gasteiger partial charge >= 0.3 is 0 Å². The highest BCUT2D eigenvalue weighted by Gasteiger charge is 2.27. The molecule has 2 amide bonds. The number of thiocarbonyl (C=S) groups is 1. The molecular formula is C13H15N3O2S. The number of amides is 2. The van der Waals surface area contributed by atoms with Crippen LogP contribution in [0.1, 0.15) is 19.3 Å². The van der Waals surface area contributed by atoms with Gasteiger partial charge < -0.3 is 10.6 Å². The minimum atomic E-state index is -0.136. The first kappa shape index (κ1) is 13.5.